The second-order valence-electron chi connectivity index (χ2n) is 5.24. The fraction of sp³-hybridized carbons (Fsp3) is 0.400. The summed E-state index contributed by atoms with van der Waals surface area (Å²) in [6.07, 6.45) is 0. The fourth-order valence-electron chi connectivity index (χ4n) is 2.12. The van der Waals surface area contributed by atoms with Crippen molar-refractivity contribution in [3.05, 3.63) is 29.3 Å². The Bertz CT molecular complexity index is 624. The van der Waals surface area contributed by atoms with Gasteiger partial charge in [-0.15, -0.1) is 22.6 Å². The number of carbonyl (C=O) groups is 1. The number of amides is 1. The molecule has 0 aliphatic carbocycles. The Morgan fingerprint density at radius 1 is 1.23 bits per heavy atom. The summed E-state index contributed by atoms with van der Waals surface area (Å²) in [4.78, 5) is 11.9. The summed E-state index contributed by atoms with van der Waals surface area (Å²) in [5, 5.41) is 15.4. The molecule has 0 saturated carbocycles. The number of hydrogen-bond acceptors (Lipinski definition) is 5. The van der Waals surface area contributed by atoms with Crippen LogP contribution in [0.25, 0.3) is 10.6 Å². The van der Waals surface area contributed by atoms with Crippen molar-refractivity contribution in [2.24, 2.45) is 5.92 Å². The van der Waals surface area contributed by atoms with Crippen molar-refractivity contribution < 1.29 is 4.79 Å². The van der Waals surface area contributed by atoms with E-state index in [0.717, 1.165) is 10.6 Å². The first-order valence-electron chi connectivity index (χ1n) is 6.87. The fourth-order valence-corrected chi connectivity index (χ4v) is 2.85. The molecule has 1 amide bonds. The van der Waals surface area contributed by atoms with E-state index >= 15 is 0 Å². The van der Waals surface area contributed by atoms with E-state index in [-0.39, 0.29) is 24.2 Å². The smallest absolute Gasteiger partial charge is 0.230 e. The molecular weight excluding hydrogens is 320 g/mol. The highest BCUT2D eigenvalue weighted by Gasteiger charge is 2.15. The minimum atomic E-state index is -0.108. The number of rotatable bonds is 5. The maximum Gasteiger partial charge on any atom is 0.230 e. The van der Waals surface area contributed by atoms with Crippen LogP contribution >= 0.6 is 23.7 Å². The van der Waals surface area contributed by atoms with Crippen molar-refractivity contribution in [2.45, 2.75) is 20.8 Å². The second-order valence-corrected chi connectivity index (χ2v) is 6.21. The van der Waals surface area contributed by atoms with E-state index in [9.17, 15) is 4.79 Å². The third kappa shape index (κ3) is 4.76. The Labute approximate surface area is 141 Å². The Kier molecular flexibility index (Phi) is 6.93. The van der Waals surface area contributed by atoms with E-state index in [2.05, 4.69) is 52.9 Å². The topological polar surface area (TPSA) is 66.9 Å². The molecule has 0 aliphatic rings. The number of carbonyl (C=O) groups excluding carboxylic acids is 1. The van der Waals surface area contributed by atoms with E-state index in [1.54, 1.807) is 0 Å². The molecule has 0 fully saturated rings. The van der Waals surface area contributed by atoms with Crippen LogP contribution in [0.3, 0.4) is 0 Å². The summed E-state index contributed by atoms with van der Waals surface area (Å²) in [5.74, 6) is -0.156. The Balaban J connectivity index is 0.00000242. The molecule has 22 heavy (non-hydrogen) atoms. The highest BCUT2D eigenvalue weighted by molar-refractivity contribution is 7.18. The average Bonchev–Trinajstić information content (AvgIpc) is 2.86. The van der Waals surface area contributed by atoms with Crippen LogP contribution in [0.5, 0.6) is 0 Å². The van der Waals surface area contributed by atoms with Gasteiger partial charge in [-0.3, -0.25) is 4.79 Å². The molecule has 0 radical (unpaired) electrons. The van der Waals surface area contributed by atoms with Crippen LogP contribution in [0.15, 0.2) is 18.2 Å². The standard InChI is InChI=1S/C15H20N4OS.ClH/c1-9-5-10(2)7-12(6-9)14-18-19-15(21-14)17-13(20)11(3)8-16-4;/h5-7,11,16H,8H2,1-4H3,(H,17,19,20);1H. The highest BCUT2D eigenvalue weighted by Crippen LogP contribution is 2.28. The van der Waals surface area contributed by atoms with Gasteiger partial charge in [-0.2, -0.15) is 0 Å². The zero-order valence-electron chi connectivity index (χ0n) is 13.1. The van der Waals surface area contributed by atoms with Gasteiger partial charge in [0.1, 0.15) is 5.01 Å². The van der Waals surface area contributed by atoms with Crippen molar-refractivity contribution in [1.29, 1.82) is 0 Å². The van der Waals surface area contributed by atoms with Crippen LogP contribution in [-0.4, -0.2) is 29.7 Å². The molecule has 2 N–H and O–H groups in total. The summed E-state index contributed by atoms with van der Waals surface area (Å²) in [5.41, 5.74) is 3.41. The molecule has 0 bridgehead atoms. The lowest BCUT2D eigenvalue weighted by molar-refractivity contribution is -0.119. The summed E-state index contributed by atoms with van der Waals surface area (Å²) in [7, 11) is 1.83. The summed E-state index contributed by atoms with van der Waals surface area (Å²) >= 11 is 1.39. The molecule has 5 nitrogen and oxygen atoms in total. The molecule has 7 heteroatoms. The molecule has 1 aromatic heterocycles. The first kappa shape index (κ1) is 18.5. The average molecular weight is 341 g/mol. The van der Waals surface area contributed by atoms with Gasteiger partial charge in [0.15, 0.2) is 0 Å². The van der Waals surface area contributed by atoms with E-state index in [1.165, 1.54) is 22.5 Å². The van der Waals surface area contributed by atoms with Crippen LogP contribution in [0.1, 0.15) is 18.1 Å². The molecule has 2 rings (SSSR count). The van der Waals surface area contributed by atoms with Gasteiger partial charge in [-0.05, 0) is 33.0 Å². The quantitative estimate of drug-likeness (QED) is 0.878. The molecule has 1 aromatic carbocycles. The molecule has 1 heterocycles. The first-order valence-corrected chi connectivity index (χ1v) is 7.69. The van der Waals surface area contributed by atoms with Gasteiger partial charge in [0.25, 0.3) is 0 Å². The molecular formula is C15H21ClN4OS. The van der Waals surface area contributed by atoms with E-state index in [1.807, 2.05) is 14.0 Å². The number of hydrogen-bond donors (Lipinski definition) is 2. The number of nitrogens with zero attached hydrogens (tertiary/aromatic N) is 2. The van der Waals surface area contributed by atoms with E-state index in [4.69, 9.17) is 0 Å². The molecule has 1 unspecified atom stereocenters. The number of anilines is 1. The van der Waals surface area contributed by atoms with E-state index < -0.39 is 0 Å². The molecule has 2 aromatic rings. The number of aromatic nitrogens is 2. The third-order valence-electron chi connectivity index (χ3n) is 3.08. The first-order chi connectivity index (χ1) is 9.99. The zero-order valence-corrected chi connectivity index (χ0v) is 14.8. The third-order valence-corrected chi connectivity index (χ3v) is 3.97. The van der Waals surface area contributed by atoms with Crippen molar-refractivity contribution in [3.63, 3.8) is 0 Å². The van der Waals surface area contributed by atoms with Crippen LogP contribution in [-0.2, 0) is 4.79 Å². The normalized spacial score (nSPS) is 11.6. The van der Waals surface area contributed by atoms with Gasteiger partial charge < -0.3 is 10.6 Å². The van der Waals surface area contributed by atoms with Crippen molar-refractivity contribution in [3.8, 4) is 10.6 Å². The van der Waals surface area contributed by atoms with Gasteiger partial charge in [0, 0.05) is 18.0 Å². The van der Waals surface area contributed by atoms with Gasteiger partial charge in [0.2, 0.25) is 11.0 Å². The molecule has 0 spiro atoms. The summed E-state index contributed by atoms with van der Waals surface area (Å²) < 4.78 is 0. The molecule has 1 atom stereocenters. The molecule has 120 valence electrons. The number of halogens is 1. The largest absolute Gasteiger partial charge is 0.319 e. The zero-order chi connectivity index (χ0) is 15.4. The lowest BCUT2D eigenvalue weighted by Gasteiger charge is -2.08. The van der Waals surface area contributed by atoms with Crippen LogP contribution in [0.2, 0.25) is 0 Å². The summed E-state index contributed by atoms with van der Waals surface area (Å²) in [6.45, 7) is 6.62. The SMILES string of the molecule is CNCC(C)C(=O)Nc1nnc(-c2cc(C)cc(C)c2)s1.Cl. The predicted molar refractivity (Wildman–Crippen MR) is 93.8 cm³/mol. The Hall–Kier alpha value is -1.50. The number of aryl methyl sites for hydroxylation is 2. The minimum Gasteiger partial charge on any atom is -0.319 e. The van der Waals surface area contributed by atoms with Crippen LogP contribution in [0, 0.1) is 19.8 Å². The van der Waals surface area contributed by atoms with Gasteiger partial charge in [-0.1, -0.05) is 35.5 Å². The van der Waals surface area contributed by atoms with Crippen molar-refractivity contribution in [2.75, 3.05) is 18.9 Å². The number of benzene rings is 1. The van der Waals surface area contributed by atoms with Crippen LogP contribution in [0.4, 0.5) is 5.13 Å². The van der Waals surface area contributed by atoms with E-state index in [0.29, 0.717) is 11.7 Å². The lowest BCUT2D eigenvalue weighted by Crippen LogP contribution is -2.28. The maximum atomic E-state index is 11.9. The van der Waals surface area contributed by atoms with Crippen molar-refractivity contribution >= 4 is 34.8 Å². The number of nitrogens with one attached hydrogen (secondary N) is 2. The summed E-state index contributed by atoms with van der Waals surface area (Å²) in [6, 6.07) is 6.26. The Morgan fingerprint density at radius 2 is 1.86 bits per heavy atom. The maximum absolute atomic E-state index is 11.9. The second kappa shape index (κ2) is 8.22. The van der Waals surface area contributed by atoms with Gasteiger partial charge >= 0.3 is 0 Å². The van der Waals surface area contributed by atoms with Crippen LogP contribution < -0.4 is 10.6 Å². The highest BCUT2D eigenvalue weighted by atomic mass is 35.5. The molecule has 0 saturated heterocycles. The van der Waals surface area contributed by atoms with Crippen molar-refractivity contribution in [1.82, 2.24) is 15.5 Å². The minimum absolute atomic E-state index is 0. The van der Waals surface area contributed by atoms with Gasteiger partial charge in [-0.25, -0.2) is 0 Å². The lowest BCUT2D eigenvalue weighted by atomic mass is 10.1. The predicted octanol–water partition coefficient (Wildman–Crippen LogP) is 3.04. The van der Waals surface area contributed by atoms with Gasteiger partial charge in [0.05, 0.1) is 0 Å². The monoisotopic (exact) mass is 340 g/mol. The Morgan fingerprint density at radius 3 is 2.45 bits per heavy atom. The molecule has 0 aliphatic heterocycles.